The van der Waals surface area contributed by atoms with Gasteiger partial charge in [0.2, 0.25) is 0 Å². The molecule has 0 radical (unpaired) electrons. The number of halogens is 1. The molecule has 2 fully saturated rings. The molecule has 1 spiro atoms. The van der Waals surface area contributed by atoms with E-state index < -0.39 is 5.54 Å². The Kier molecular flexibility index (Phi) is 5.52. The van der Waals surface area contributed by atoms with Crippen LogP contribution in [0.5, 0.6) is 0 Å². The van der Waals surface area contributed by atoms with E-state index in [1.807, 2.05) is 13.0 Å². The van der Waals surface area contributed by atoms with Gasteiger partial charge in [0.15, 0.2) is 0 Å². The van der Waals surface area contributed by atoms with Crippen LogP contribution in [-0.4, -0.2) is 28.3 Å². The highest BCUT2D eigenvalue weighted by atomic mass is 35.5. The molecule has 7 heteroatoms. The van der Waals surface area contributed by atoms with Gasteiger partial charge in [0.25, 0.3) is 11.8 Å². The van der Waals surface area contributed by atoms with Crippen LogP contribution in [0, 0.1) is 6.92 Å². The summed E-state index contributed by atoms with van der Waals surface area (Å²) < 4.78 is 0. The van der Waals surface area contributed by atoms with Crippen LogP contribution in [0.25, 0.3) is 0 Å². The summed E-state index contributed by atoms with van der Waals surface area (Å²) in [6, 6.07) is 11.9. The molecule has 4 amide bonds. The van der Waals surface area contributed by atoms with E-state index in [2.05, 4.69) is 10.6 Å². The number of urea groups is 1. The quantitative estimate of drug-likeness (QED) is 0.699. The zero-order valence-electron chi connectivity index (χ0n) is 16.8. The van der Waals surface area contributed by atoms with Crippen molar-refractivity contribution in [2.45, 2.75) is 51.1 Å². The van der Waals surface area contributed by atoms with E-state index >= 15 is 0 Å². The van der Waals surface area contributed by atoms with Crippen molar-refractivity contribution in [1.82, 2.24) is 10.2 Å². The first-order valence-electron chi connectivity index (χ1n) is 10.2. The molecule has 2 aliphatic rings. The van der Waals surface area contributed by atoms with Gasteiger partial charge in [-0.25, -0.2) is 4.79 Å². The summed E-state index contributed by atoms with van der Waals surface area (Å²) in [6.45, 7) is 2.07. The predicted octanol–water partition coefficient (Wildman–Crippen LogP) is 4.66. The highest BCUT2D eigenvalue weighted by Crippen LogP contribution is 2.34. The third-order valence-corrected chi connectivity index (χ3v) is 6.35. The zero-order chi connectivity index (χ0) is 21.3. The fraction of sp³-hybridized carbons (Fsp3) is 0.348. The summed E-state index contributed by atoms with van der Waals surface area (Å²) in [7, 11) is 0. The average molecular weight is 426 g/mol. The van der Waals surface area contributed by atoms with Gasteiger partial charge in [-0.3, -0.25) is 14.5 Å². The van der Waals surface area contributed by atoms with E-state index in [0.29, 0.717) is 29.1 Å². The number of nitrogens with zero attached hydrogens (tertiary/aromatic N) is 1. The predicted molar refractivity (Wildman–Crippen MR) is 115 cm³/mol. The third kappa shape index (κ3) is 3.92. The lowest BCUT2D eigenvalue weighted by Gasteiger charge is -2.30. The second-order valence-corrected chi connectivity index (χ2v) is 8.49. The van der Waals surface area contributed by atoms with Crippen molar-refractivity contribution in [2.24, 2.45) is 0 Å². The Balaban J connectivity index is 1.42. The second kappa shape index (κ2) is 8.11. The number of rotatable bonds is 4. The lowest BCUT2D eigenvalue weighted by molar-refractivity contribution is -0.132. The summed E-state index contributed by atoms with van der Waals surface area (Å²) >= 11 is 6.02. The monoisotopic (exact) mass is 425 g/mol. The minimum atomic E-state index is -0.716. The smallest absolute Gasteiger partial charge is 0.323 e. The molecule has 0 unspecified atom stereocenters. The van der Waals surface area contributed by atoms with Crippen LogP contribution in [0.4, 0.5) is 10.5 Å². The third-order valence-electron chi connectivity index (χ3n) is 5.93. The first kappa shape index (κ1) is 20.4. The van der Waals surface area contributed by atoms with Gasteiger partial charge in [-0.05, 0) is 61.2 Å². The molecule has 0 bridgehead atoms. The van der Waals surface area contributed by atoms with Crippen LogP contribution in [-0.2, 0) is 11.3 Å². The maximum absolute atomic E-state index is 12.9. The molecule has 1 aliphatic carbocycles. The van der Waals surface area contributed by atoms with Crippen LogP contribution in [0.1, 0.15) is 53.6 Å². The molecule has 2 N–H and O–H groups in total. The van der Waals surface area contributed by atoms with Crippen LogP contribution in [0.3, 0.4) is 0 Å². The largest absolute Gasteiger partial charge is 0.325 e. The average Bonchev–Trinajstić information content (AvgIpc) is 2.95. The van der Waals surface area contributed by atoms with E-state index in [4.69, 9.17) is 11.6 Å². The fourth-order valence-corrected chi connectivity index (χ4v) is 4.30. The number of carbonyl (C=O) groups is 3. The molecule has 0 atom stereocenters. The Morgan fingerprint density at radius 1 is 1.10 bits per heavy atom. The second-order valence-electron chi connectivity index (χ2n) is 8.08. The van der Waals surface area contributed by atoms with Crippen molar-refractivity contribution in [3.63, 3.8) is 0 Å². The number of nitrogens with one attached hydrogen (secondary N) is 2. The van der Waals surface area contributed by atoms with Crippen molar-refractivity contribution < 1.29 is 14.4 Å². The van der Waals surface area contributed by atoms with Crippen LogP contribution in [0.15, 0.2) is 42.5 Å². The molecule has 6 nitrogen and oxygen atoms in total. The molecule has 156 valence electrons. The lowest BCUT2D eigenvalue weighted by Crippen LogP contribution is -2.48. The number of carbonyl (C=O) groups excluding carboxylic acids is 3. The number of imide groups is 1. The van der Waals surface area contributed by atoms with Gasteiger partial charge < -0.3 is 10.6 Å². The standard InChI is InChI=1S/C23H24ClN3O3/c1-15-13-18(9-10-19(15)24)25-20(28)17-7-5-16(6-8-17)14-27-21(29)23(26-22(27)30)11-3-2-4-12-23/h5-10,13H,2-4,11-12,14H2,1H3,(H,25,28)(H,26,30). The van der Waals surface area contributed by atoms with Gasteiger partial charge in [-0.1, -0.05) is 43.0 Å². The lowest BCUT2D eigenvalue weighted by atomic mass is 9.82. The van der Waals surface area contributed by atoms with Crippen LogP contribution >= 0.6 is 11.6 Å². The van der Waals surface area contributed by atoms with Crippen molar-refractivity contribution in [2.75, 3.05) is 5.32 Å². The van der Waals surface area contributed by atoms with Gasteiger partial charge in [-0.2, -0.15) is 0 Å². The molecule has 0 aromatic heterocycles. The Bertz CT molecular complexity index is 997. The molecule has 2 aromatic rings. The minimum Gasteiger partial charge on any atom is -0.323 e. The SMILES string of the molecule is Cc1cc(NC(=O)c2ccc(CN3C(=O)NC4(CCCCC4)C3=O)cc2)ccc1Cl. The minimum absolute atomic E-state index is 0.132. The van der Waals surface area contributed by atoms with Gasteiger partial charge in [-0.15, -0.1) is 0 Å². The molecule has 30 heavy (non-hydrogen) atoms. The van der Waals surface area contributed by atoms with Crippen LogP contribution in [0.2, 0.25) is 5.02 Å². The molecule has 1 heterocycles. The maximum atomic E-state index is 12.9. The van der Waals surface area contributed by atoms with E-state index in [-0.39, 0.29) is 24.4 Å². The highest BCUT2D eigenvalue weighted by Gasteiger charge is 2.51. The number of anilines is 1. The Morgan fingerprint density at radius 2 is 1.80 bits per heavy atom. The van der Waals surface area contributed by atoms with Gasteiger partial charge >= 0.3 is 6.03 Å². The fourth-order valence-electron chi connectivity index (χ4n) is 4.18. The van der Waals surface area contributed by atoms with Crippen molar-refractivity contribution in [3.05, 3.63) is 64.2 Å². The Labute approximate surface area is 180 Å². The van der Waals surface area contributed by atoms with Gasteiger partial charge in [0, 0.05) is 16.3 Å². The Hall–Kier alpha value is -2.86. The van der Waals surface area contributed by atoms with Crippen molar-refractivity contribution in [3.8, 4) is 0 Å². The molecule has 1 saturated heterocycles. The van der Waals surface area contributed by atoms with E-state index in [9.17, 15) is 14.4 Å². The van der Waals surface area contributed by atoms with Gasteiger partial charge in [0.1, 0.15) is 5.54 Å². The molecular weight excluding hydrogens is 402 g/mol. The summed E-state index contributed by atoms with van der Waals surface area (Å²) in [5.41, 5.74) is 2.13. The van der Waals surface area contributed by atoms with Gasteiger partial charge in [0.05, 0.1) is 6.54 Å². The number of benzene rings is 2. The topological polar surface area (TPSA) is 78.5 Å². The van der Waals surface area contributed by atoms with E-state index in [1.54, 1.807) is 36.4 Å². The Morgan fingerprint density at radius 3 is 2.47 bits per heavy atom. The first-order chi connectivity index (χ1) is 14.4. The molecule has 1 saturated carbocycles. The van der Waals surface area contributed by atoms with Crippen molar-refractivity contribution in [1.29, 1.82) is 0 Å². The highest BCUT2D eigenvalue weighted by molar-refractivity contribution is 6.31. The van der Waals surface area contributed by atoms with E-state index in [0.717, 1.165) is 30.4 Å². The molecule has 2 aromatic carbocycles. The first-order valence-corrected chi connectivity index (χ1v) is 10.6. The summed E-state index contributed by atoms with van der Waals surface area (Å²) in [5, 5.41) is 6.41. The molecule has 4 rings (SSSR count). The zero-order valence-corrected chi connectivity index (χ0v) is 17.6. The van der Waals surface area contributed by atoms with E-state index in [1.165, 1.54) is 4.90 Å². The normalized spacial score (nSPS) is 17.9. The molecule has 1 aliphatic heterocycles. The summed E-state index contributed by atoms with van der Waals surface area (Å²) in [5.74, 6) is -0.369. The maximum Gasteiger partial charge on any atom is 0.325 e. The number of hydrogen-bond acceptors (Lipinski definition) is 3. The van der Waals surface area contributed by atoms with Crippen molar-refractivity contribution >= 4 is 35.1 Å². The van der Waals surface area contributed by atoms with Crippen LogP contribution < -0.4 is 10.6 Å². The summed E-state index contributed by atoms with van der Waals surface area (Å²) in [4.78, 5) is 39.1. The number of hydrogen-bond donors (Lipinski definition) is 2. The number of aryl methyl sites for hydroxylation is 1. The molecular formula is C23H24ClN3O3. The number of amides is 4. The summed E-state index contributed by atoms with van der Waals surface area (Å²) in [6.07, 6.45) is 4.42.